The smallest absolute Gasteiger partial charge is 0.196 e. The molecule has 35 heavy (non-hydrogen) atoms. The van der Waals surface area contributed by atoms with Gasteiger partial charge in [-0.1, -0.05) is 43.3 Å². The fourth-order valence-electron chi connectivity index (χ4n) is 5.59. The minimum Gasteiger partial charge on any atom is -0.478 e. The molecule has 2 aromatic rings. The Bertz CT molecular complexity index is 1310. The van der Waals surface area contributed by atoms with Crippen molar-refractivity contribution in [2.45, 2.75) is 32.3 Å². The normalized spacial score (nSPS) is 22.5. The molecule has 0 radical (unpaired) electrons. The van der Waals surface area contributed by atoms with Gasteiger partial charge in [0, 0.05) is 36.0 Å². The summed E-state index contributed by atoms with van der Waals surface area (Å²) >= 11 is 0. The monoisotopic (exact) mass is 467 g/mol. The molecule has 1 saturated heterocycles. The Balaban J connectivity index is 1.35. The standard InChI is InChI=1S/C29H29N3O3/c1-18-8-6-14-32(17-18)15-7-13-30-22-16-24-27(31-21-11-4-5-12-23(21)35-24)26-25(22)28(33)19-9-2-3-10-20(19)29(26)34/h2-5,9-12,16,18,23,30H,6-8,13-15,17H2,1H3/t18-,23?/m1/s1. The molecule has 6 nitrogen and oxygen atoms in total. The number of likely N-dealkylation sites (tertiary alicyclic amines) is 1. The number of benzene rings is 2. The molecule has 0 aromatic heterocycles. The van der Waals surface area contributed by atoms with E-state index in [9.17, 15) is 9.59 Å². The van der Waals surface area contributed by atoms with Crippen molar-refractivity contribution in [1.29, 1.82) is 0 Å². The lowest BCUT2D eigenvalue weighted by atomic mass is 9.81. The van der Waals surface area contributed by atoms with Crippen LogP contribution in [0.4, 0.5) is 11.4 Å². The van der Waals surface area contributed by atoms with Crippen molar-refractivity contribution in [3.8, 4) is 5.75 Å². The molecule has 2 aliphatic carbocycles. The molecule has 6 rings (SSSR count). The van der Waals surface area contributed by atoms with Gasteiger partial charge in [-0.05, 0) is 50.4 Å². The molecule has 0 spiro atoms. The van der Waals surface area contributed by atoms with Crippen LogP contribution < -0.4 is 10.1 Å². The number of rotatable bonds is 5. The Morgan fingerprint density at radius 2 is 1.91 bits per heavy atom. The summed E-state index contributed by atoms with van der Waals surface area (Å²) in [7, 11) is 0. The molecule has 6 heteroatoms. The van der Waals surface area contributed by atoms with E-state index >= 15 is 0 Å². The summed E-state index contributed by atoms with van der Waals surface area (Å²) < 4.78 is 6.25. The summed E-state index contributed by atoms with van der Waals surface area (Å²) in [6.45, 7) is 6.34. The number of hydrogen-bond acceptors (Lipinski definition) is 6. The summed E-state index contributed by atoms with van der Waals surface area (Å²) in [6, 6.07) is 8.88. The second-order valence-corrected chi connectivity index (χ2v) is 9.87. The first-order chi connectivity index (χ1) is 17.1. The third kappa shape index (κ3) is 3.92. The van der Waals surface area contributed by atoms with Gasteiger partial charge in [0.25, 0.3) is 0 Å². The third-order valence-electron chi connectivity index (χ3n) is 7.29. The number of nitrogens with one attached hydrogen (secondary N) is 1. The molecular formula is C29H29N3O3. The molecule has 0 bridgehead atoms. The van der Waals surface area contributed by atoms with Crippen molar-refractivity contribution < 1.29 is 14.3 Å². The average molecular weight is 468 g/mol. The summed E-state index contributed by atoms with van der Waals surface area (Å²) in [5, 5.41) is 3.47. The minimum absolute atomic E-state index is 0.147. The lowest BCUT2D eigenvalue weighted by Crippen LogP contribution is -2.35. The Morgan fingerprint density at radius 3 is 2.71 bits per heavy atom. The number of anilines is 1. The Morgan fingerprint density at radius 1 is 1.11 bits per heavy atom. The SMILES string of the molecule is C[C@@H]1CCCN(CCCNc2cc3c(c4c2C(=O)c2ccccc2C4=O)N=C2C=CC=CC2O3)C1. The van der Waals surface area contributed by atoms with Gasteiger partial charge in [-0.2, -0.15) is 0 Å². The second kappa shape index (κ2) is 8.93. The van der Waals surface area contributed by atoms with Crippen molar-refractivity contribution in [3.63, 3.8) is 0 Å². The number of ketones is 2. The zero-order valence-corrected chi connectivity index (χ0v) is 19.9. The topological polar surface area (TPSA) is 71.0 Å². The Labute approximate surface area is 205 Å². The van der Waals surface area contributed by atoms with E-state index in [1.54, 1.807) is 24.3 Å². The van der Waals surface area contributed by atoms with Gasteiger partial charge >= 0.3 is 0 Å². The molecule has 0 amide bonds. The molecule has 0 saturated carbocycles. The number of nitrogens with zero attached hydrogens (tertiary/aromatic N) is 2. The van der Waals surface area contributed by atoms with Gasteiger partial charge in [-0.25, -0.2) is 4.99 Å². The maximum absolute atomic E-state index is 13.7. The van der Waals surface area contributed by atoms with Crippen LogP contribution in [-0.2, 0) is 0 Å². The van der Waals surface area contributed by atoms with E-state index in [0.717, 1.165) is 37.7 Å². The zero-order chi connectivity index (χ0) is 23.9. The number of carbonyl (C=O) groups is 2. The highest BCUT2D eigenvalue weighted by molar-refractivity contribution is 6.32. The maximum Gasteiger partial charge on any atom is 0.196 e. The van der Waals surface area contributed by atoms with Crippen LogP contribution in [0.5, 0.6) is 5.75 Å². The van der Waals surface area contributed by atoms with Gasteiger partial charge < -0.3 is 15.0 Å². The fourth-order valence-corrected chi connectivity index (χ4v) is 5.59. The predicted octanol–water partition coefficient (Wildman–Crippen LogP) is 4.96. The highest BCUT2D eigenvalue weighted by Crippen LogP contribution is 2.46. The number of hydrogen-bond donors (Lipinski definition) is 1. The van der Waals surface area contributed by atoms with E-state index in [0.29, 0.717) is 45.9 Å². The molecular weight excluding hydrogens is 438 g/mol. The number of piperidine rings is 1. The van der Waals surface area contributed by atoms with Crippen LogP contribution in [0.2, 0.25) is 0 Å². The van der Waals surface area contributed by atoms with E-state index in [-0.39, 0.29) is 17.7 Å². The summed E-state index contributed by atoms with van der Waals surface area (Å²) in [6.07, 6.45) is 10.9. The first-order valence-corrected chi connectivity index (χ1v) is 12.6. The van der Waals surface area contributed by atoms with Crippen molar-refractivity contribution in [1.82, 2.24) is 4.90 Å². The highest BCUT2D eigenvalue weighted by Gasteiger charge is 2.37. The Kier molecular flexibility index (Phi) is 5.61. The fraction of sp³-hybridized carbons (Fsp3) is 0.345. The molecule has 2 heterocycles. The predicted molar refractivity (Wildman–Crippen MR) is 137 cm³/mol. The van der Waals surface area contributed by atoms with Gasteiger partial charge in [0.1, 0.15) is 11.4 Å². The lowest BCUT2D eigenvalue weighted by molar-refractivity contribution is 0.0979. The van der Waals surface area contributed by atoms with Gasteiger partial charge in [0.05, 0.1) is 16.8 Å². The van der Waals surface area contributed by atoms with Crippen LogP contribution >= 0.6 is 0 Å². The van der Waals surface area contributed by atoms with Crippen LogP contribution in [-0.4, -0.2) is 54.5 Å². The van der Waals surface area contributed by atoms with Gasteiger partial charge in [-0.3, -0.25) is 9.59 Å². The molecule has 178 valence electrons. The molecule has 2 aliphatic heterocycles. The highest BCUT2D eigenvalue weighted by atomic mass is 16.5. The first-order valence-electron chi connectivity index (χ1n) is 12.6. The quantitative estimate of drug-likeness (QED) is 0.538. The second-order valence-electron chi connectivity index (χ2n) is 9.87. The van der Waals surface area contributed by atoms with E-state index in [1.807, 2.05) is 30.4 Å². The van der Waals surface area contributed by atoms with Crippen LogP contribution in [0, 0.1) is 5.92 Å². The molecule has 2 atom stereocenters. The van der Waals surface area contributed by atoms with Gasteiger partial charge in [-0.15, -0.1) is 0 Å². The van der Waals surface area contributed by atoms with Crippen LogP contribution in [0.3, 0.4) is 0 Å². The number of fused-ring (bicyclic) bond motifs is 5. The number of carbonyl (C=O) groups excluding carboxylic acids is 2. The largest absolute Gasteiger partial charge is 0.478 e. The van der Waals surface area contributed by atoms with E-state index in [4.69, 9.17) is 9.73 Å². The number of allylic oxidation sites excluding steroid dienone is 2. The Hall–Kier alpha value is -3.51. The minimum atomic E-state index is -0.291. The number of ether oxygens (including phenoxy) is 1. The van der Waals surface area contributed by atoms with Crippen molar-refractivity contribution in [3.05, 3.63) is 76.9 Å². The molecule has 2 aromatic carbocycles. The maximum atomic E-state index is 13.7. The third-order valence-corrected chi connectivity index (χ3v) is 7.29. The van der Waals surface area contributed by atoms with Crippen LogP contribution in [0.1, 0.15) is 58.0 Å². The first kappa shape index (κ1) is 22.0. The lowest BCUT2D eigenvalue weighted by Gasteiger charge is -2.31. The molecule has 1 N–H and O–H groups in total. The van der Waals surface area contributed by atoms with Crippen molar-refractivity contribution in [2.75, 3.05) is 31.5 Å². The average Bonchev–Trinajstić information content (AvgIpc) is 2.88. The van der Waals surface area contributed by atoms with Crippen LogP contribution in [0.15, 0.2) is 59.6 Å². The van der Waals surface area contributed by atoms with Gasteiger partial charge in [0.2, 0.25) is 0 Å². The molecule has 1 unspecified atom stereocenters. The zero-order valence-electron chi connectivity index (χ0n) is 19.9. The van der Waals surface area contributed by atoms with Gasteiger partial charge in [0.15, 0.2) is 17.7 Å². The van der Waals surface area contributed by atoms with Crippen LogP contribution in [0.25, 0.3) is 0 Å². The van der Waals surface area contributed by atoms with Crippen molar-refractivity contribution >= 4 is 28.7 Å². The summed E-state index contributed by atoms with van der Waals surface area (Å²) in [4.78, 5) is 34.6. The summed E-state index contributed by atoms with van der Waals surface area (Å²) in [5.41, 5.74) is 3.44. The van der Waals surface area contributed by atoms with E-state index < -0.39 is 0 Å². The van der Waals surface area contributed by atoms with Crippen molar-refractivity contribution in [2.24, 2.45) is 10.9 Å². The molecule has 1 fully saturated rings. The number of aliphatic imine (C=N–C) groups is 1. The molecule has 4 aliphatic rings. The van der Waals surface area contributed by atoms with E-state index in [1.165, 1.54) is 12.8 Å². The van der Waals surface area contributed by atoms with E-state index in [2.05, 4.69) is 17.1 Å². The summed E-state index contributed by atoms with van der Waals surface area (Å²) in [5.74, 6) is 0.954.